The van der Waals surface area contributed by atoms with E-state index < -0.39 is 0 Å². The number of aliphatic hydroxyl groups is 1. The highest BCUT2D eigenvalue weighted by Gasteiger charge is 2.24. The molecule has 3 atom stereocenters. The fourth-order valence-electron chi connectivity index (χ4n) is 1.89. The van der Waals surface area contributed by atoms with Crippen LogP contribution in [0.2, 0.25) is 0 Å². The third-order valence-corrected chi connectivity index (χ3v) is 2.74. The molecule has 0 heterocycles. The predicted octanol–water partition coefficient (Wildman–Crippen LogP) is 2.19. The lowest BCUT2D eigenvalue weighted by atomic mass is 9.79. The molecule has 0 aliphatic heterocycles. The average Bonchev–Trinajstić information content (AvgIpc) is 1.88. The molecule has 0 aromatic carbocycles. The molecule has 1 nitrogen and oxygen atoms in total. The number of rotatable bonds is 1. The molecule has 1 heteroatoms. The Morgan fingerprint density at radius 1 is 1.40 bits per heavy atom. The lowest BCUT2D eigenvalue weighted by Gasteiger charge is -2.30. The number of aliphatic hydroxyl groups excluding tert-OH is 1. The maximum atomic E-state index is 9.54. The van der Waals surface area contributed by atoms with E-state index in [1.807, 2.05) is 0 Å². The zero-order chi connectivity index (χ0) is 7.56. The number of hydrogen-bond acceptors (Lipinski definition) is 1. The van der Waals surface area contributed by atoms with Crippen molar-refractivity contribution >= 4 is 0 Å². The Kier molecular flexibility index (Phi) is 2.72. The van der Waals surface area contributed by atoms with Crippen molar-refractivity contribution in [2.75, 3.05) is 0 Å². The predicted molar refractivity (Wildman–Crippen MR) is 42.8 cm³/mol. The minimum atomic E-state index is -0.00579. The molecule has 60 valence electrons. The van der Waals surface area contributed by atoms with Gasteiger partial charge in [0.2, 0.25) is 0 Å². The second kappa shape index (κ2) is 3.38. The van der Waals surface area contributed by atoms with Gasteiger partial charge in [-0.1, -0.05) is 26.7 Å². The Morgan fingerprint density at radius 2 is 2.10 bits per heavy atom. The van der Waals surface area contributed by atoms with Crippen LogP contribution in [0.3, 0.4) is 0 Å². The Bertz CT molecular complexity index is 101. The van der Waals surface area contributed by atoms with Crippen molar-refractivity contribution in [3.63, 3.8) is 0 Å². The van der Waals surface area contributed by atoms with E-state index in [4.69, 9.17) is 0 Å². The molecule has 0 radical (unpaired) electrons. The molecule has 1 saturated carbocycles. The smallest absolute Gasteiger partial charge is 0.0570 e. The van der Waals surface area contributed by atoms with E-state index in [1.165, 1.54) is 12.8 Å². The fourth-order valence-corrected chi connectivity index (χ4v) is 1.89. The van der Waals surface area contributed by atoms with Gasteiger partial charge < -0.3 is 5.11 Å². The standard InChI is InChI=1S/C9H18O/c1-3-8-5-4-7(2)6-9(8)10/h7-10H,3-6H2,1-2H3/t7?,8-,9?/m1/s1. The SMILES string of the molecule is CC[C@@H]1CCC(C)CC1O. The van der Waals surface area contributed by atoms with Gasteiger partial charge in [0.1, 0.15) is 0 Å². The van der Waals surface area contributed by atoms with E-state index in [9.17, 15) is 5.11 Å². The van der Waals surface area contributed by atoms with Crippen molar-refractivity contribution in [2.24, 2.45) is 11.8 Å². The monoisotopic (exact) mass is 142 g/mol. The van der Waals surface area contributed by atoms with Crippen LogP contribution in [0.5, 0.6) is 0 Å². The maximum absolute atomic E-state index is 9.54. The highest BCUT2D eigenvalue weighted by molar-refractivity contribution is 4.76. The molecule has 2 unspecified atom stereocenters. The van der Waals surface area contributed by atoms with Crippen LogP contribution >= 0.6 is 0 Å². The van der Waals surface area contributed by atoms with Crippen LogP contribution in [0.1, 0.15) is 39.5 Å². The zero-order valence-corrected chi connectivity index (χ0v) is 7.01. The summed E-state index contributed by atoms with van der Waals surface area (Å²) in [5.41, 5.74) is 0. The van der Waals surface area contributed by atoms with Gasteiger partial charge in [0.05, 0.1) is 6.10 Å². The van der Waals surface area contributed by atoms with Crippen molar-refractivity contribution in [3.05, 3.63) is 0 Å². The molecule has 0 bridgehead atoms. The van der Waals surface area contributed by atoms with Crippen molar-refractivity contribution < 1.29 is 5.11 Å². The maximum Gasteiger partial charge on any atom is 0.0570 e. The third-order valence-electron chi connectivity index (χ3n) is 2.74. The molecule has 0 amide bonds. The zero-order valence-electron chi connectivity index (χ0n) is 7.01. The molecule has 0 saturated heterocycles. The highest BCUT2D eigenvalue weighted by Crippen LogP contribution is 2.30. The molecule has 0 aromatic rings. The largest absolute Gasteiger partial charge is 0.393 e. The molecule has 1 aliphatic rings. The van der Waals surface area contributed by atoms with E-state index in [2.05, 4.69) is 13.8 Å². The quantitative estimate of drug-likeness (QED) is 0.595. The lowest BCUT2D eigenvalue weighted by molar-refractivity contribution is 0.0472. The minimum Gasteiger partial charge on any atom is -0.393 e. The van der Waals surface area contributed by atoms with Gasteiger partial charge in [0, 0.05) is 0 Å². The molecular formula is C9H18O. The van der Waals surface area contributed by atoms with Gasteiger partial charge in [0.15, 0.2) is 0 Å². The van der Waals surface area contributed by atoms with Crippen LogP contribution in [0.4, 0.5) is 0 Å². The number of hydrogen-bond donors (Lipinski definition) is 1. The van der Waals surface area contributed by atoms with Gasteiger partial charge in [0.25, 0.3) is 0 Å². The molecule has 1 N–H and O–H groups in total. The second-order valence-electron chi connectivity index (χ2n) is 3.65. The van der Waals surface area contributed by atoms with E-state index in [0.717, 1.165) is 18.8 Å². The molecule has 0 aromatic heterocycles. The van der Waals surface area contributed by atoms with Crippen LogP contribution in [0, 0.1) is 11.8 Å². The van der Waals surface area contributed by atoms with Crippen LogP contribution in [-0.4, -0.2) is 11.2 Å². The van der Waals surface area contributed by atoms with Crippen LogP contribution in [0.15, 0.2) is 0 Å². The first-order chi connectivity index (χ1) is 4.74. The van der Waals surface area contributed by atoms with Gasteiger partial charge >= 0.3 is 0 Å². The van der Waals surface area contributed by atoms with Crippen molar-refractivity contribution in [1.29, 1.82) is 0 Å². The average molecular weight is 142 g/mol. The van der Waals surface area contributed by atoms with E-state index in [-0.39, 0.29) is 6.10 Å². The van der Waals surface area contributed by atoms with Gasteiger partial charge in [-0.15, -0.1) is 0 Å². The molecule has 1 fully saturated rings. The summed E-state index contributed by atoms with van der Waals surface area (Å²) in [7, 11) is 0. The summed E-state index contributed by atoms with van der Waals surface area (Å²) in [6, 6.07) is 0. The van der Waals surface area contributed by atoms with Gasteiger partial charge in [-0.25, -0.2) is 0 Å². The Hall–Kier alpha value is -0.0400. The Balaban J connectivity index is 2.36. The van der Waals surface area contributed by atoms with Crippen LogP contribution in [0.25, 0.3) is 0 Å². The second-order valence-corrected chi connectivity index (χ2v) is 3.65. The third kappa shape index (κ3) is 1.72. The summed E-state index contributed by atoms with van der Waals surface area (Å²) >= 11 is 0. The van der Waals surface area contributed by atoms with E-state index in [0.29, 0.717) is 5.92 Å². The lowest BCUT2D eigenvalue weighted by Crippen LogP contribution is -2.27. The Labute approximate surface area is 63.4 Å². The molecule has 1 rings (SSSR count). The summed E-state index contributed by atoms with van der Waals surface area (Å²) in [6.07, 6.45) is 4.72. The van der Waals surface area contributed by atoms with Crippen LogP contribution < -0.4 is 0 Å². The van der Waals surface area contributed by atoms with E-state index >= 15 is 0 Å². The summed E-state index contributed by atoms with van der Waals surface area (Å²) in [5.74, 6) is 1.34. The van der Waals surface area contributed by atoms with Gasteiger partial charge in [-0.05, 0) is 24.7 Å². The highest BCUT2D eigenvalue weighted by atomic mass is 16.3. The first-order valence-corrected chi connectivity index (χ1v) is 4.42. The fraction of sp³-hybridized carbons (Fsp3) is 1.00. The Morgan fingerprint density at radius 3 is 2.60 bits per heavy atom. The first kappa shape index (κ1) is 8.06. The first-order valence-electron chi connectivity index (χ1n) is 4.42. The molecule has 0 spiro atoms. The summed E-state index contributed by atoms with van der Waals surface area (Å²) in [4.78, 5) is 0. The summed E-state index contributed by atoms with van der Waals surface area (Å²) in [6.45, 7) is 4.40. The molecular weight excluding hydrogens is 124 g/mol. The van der Waals surface area contributed by atoms with E-state index in [1.54, 1.807) is 0 Å². The van der Waals surface area contributed by atoms with Crippen molar-refractivity contribution in [2.45, 2.75) is 45.6 Å². The summed E-state index contributed by atoms with van der Waals surface area (Å²) in [5, 5.41) is 9.54. The normalized spacial score (nSPS) is 41.7. The van der Waals surface area contributed by atoms with Crippen molar-refractivity contribution in [1.82, 2.24) is 0 Å². The van der Waals surface area contributed by atoms with Crippen LogP contribution in [-0.2, 0) is 0 Å². The van der Waals surface area contributed by atoms with Crippen molar-refractivity contribution in [3.8, 4) is 0 Å². The topological polar surface area (TPSA) is 20.2 Å². The van der Waals surface area contributed by atoms with Gasteiger partial charge in [-0.2, -0.15) is 0 Å². The molecule has 10 heavy (non-hydrogen) atoms. The summed E-state index contributed by atoms with van der Waals surface area (Å²) < 4.78 is 0. The minimum absolute atomic E-state index is 0.00579. The van der Waals surface area contributed by atoms with Gasteiger partial charge in [-0.3, -0.25) is 0 Å². The molecule has 1 aliphatic carbocycles.